The quantitative estimate of drug-likeness (QED) is 0.0266. The van der Waals surface area contributed by atoms with Gasteiger partial charge in [-0.2, -0.15) is 52.7 Å². The van der Waals surface area contributed by atoms with Crippen molar-refractivity contribution < 1.29 is 97.3 Å². The van der Waals surface area contributed by atoms with Gasteiger partial charge in [0.15, 0.2) is 34.9 Å². The van der Waals surface area contributed by atoms with Gasteiger partial charge in [-0.05, 0) is 97.3 Å². The van der Waals surface area contributed by atoms with Crippen molar-refractivity contribution in [2.45, 2.75) is 110 Å². The van der Waals surface area contributed by atoms with Gasteiger partial charge < -0.3 is 71.4 Å². The molecule has 1 saturated carbocycles. The van der Waals surface area contributed by atoms with E-state index >= 15 is 0 Å². The van der Waals surface area contributed by atoms with Crippen LogP contribution in [0.25, 0.3) is 89.7 Å². The molecule has 4 atom stereocenters. The van der Waals surface area contributed by atoms with Gasteiger partial charge in [-0.25, -0.2) is 64.2 Å². The Balaban J connectivity index is 0.000000368. The minimum absolute atomic E-state index is 0. The molecule has 3 fully saturated rings. The van der Waals surface area contributed by atoms with Crippen molar-refractivity contribution in [2.24, 2.45) is 23.7 Å². The number of piperazine rings is 2. The fourth-order valence-electron chi connectivity index (χ4n) is 13.6. The first-order chi connectivity index (χ1) is 59.8. The number of nitrogens with one attached hydrogen (secondary N) is 10. The number of H-pyrrole nitrogens is 4. The minimum Gasteiger partial charge on any atom is -0.358 e. The summed E-state index contributed by atoms with van der Waals surface area (Å²) in [6.07, 6.45) is 2.72. The second kappa shape index (κ2) is 39.4. The summed E-state index contributed by atoms with van der Waals surface area (Å²) in [4.78, 5) is 145. The average Bonchev–Trinajstić information content (AvgIpc) is 1.18. The molecule has 6 amide bonds. The second-order valence-corrected chi connectivity index (χ2v) is 30.5. The van der Waals surface area contributed by atoms with Crippen LogP contribution in [0.15, 0.2) is 141 Å². The van der Waals surface area contributed by atoms with Crippen LogP contribution in [0.1, 0.15) is 72.2 Å². The maximum atomic E-state index is 14.3. The molecule has 2 saturated heterocycles. The van der Waals surface area contributed by atoms with Crippen LogP contribution < -0.4 is 41.7 Å². The van der Waals surface area contributed by atoms with E-state index in [1.54, 1.807) is 152 Å². The maximum Gasteiger partial charge on any atom is 0.405 e. The predicted molar refractivity (Wildman–Crippen MR) is 454 cm³/mol. The molecular formula is C81H101F13N26O6. The molecule has 14 heterocycles. The van der Waals surface area contributed by atoms with Gasteiger partial charge in [0.05, 0.1) is 19.3 Å². The van der Waals surface area contributed by atoms with E-state index in [2.05, 4.69) is 90.4 Å². The molecule has 12 aromatic rings. The van der Waals surface area contributed by atoms with Gasteiger partial charge in [-0.3, -0.25) is 28.8 Å². The van der Waals surface area contributed by atoms with Crippen LogP contribution in [-0.4, -0.2) is 239 Å². The number of carbonyl (C=O) groups is 6. The van der Waals surface area contributed by atoms with Crippen molar-refractivity contribution in [2.75, 3.05) is 85.9 Å². The molecule has 682 valence electrons. The van der Waals surface area contributed by atoms with Crippen molar-refractivity contribution in [1.82, 2.24) is 111 Å². The highest BCUT2D eigenvalue weighted by atomic mass is 19.4. The summed E-state index contributed by atoms with van der Waals surface area (Å²) in [5.74, 6) is -2.73. The summed E-state index contributed by atoms with van der Waals surface area (Å²) in [6, 6.07) is 15.2. The molecule has 1 aliphatic carbocycles. The van der Waals surface area contributed by atoms with Gasteiger partial charge in [-0.15, -0.1) is 0 Å². The first-order valence-electron chi connectivity index (χ1n) is 39.5. The number of hydrogen-bond donors (Lipinski definition) is 10. The lowest BCUT2D eigenvalue weighted by Gasteiger charge is -2.41. The molecule has 3 aliphatic rings. The number of fused-ring (bicyclic) bond motifs is 4. The SMILES string of the molecule is CC(C)CC(=O)N1CCN(c2ccnc(-c3c[nH]c4ncccc34)n2)[C@@H](C(=O)NCC(F)(F)F)C1.CC(C)[C@@H](Nc1ccnc(-c2c[nH]c3ncccc23)n1)C(=O)NCC(F)(F)F.CC(C)[C@@H](Nc1nc(-c2c[nH]c3ncccc23)ncc1F)C(=O)NCC(F)(F)F.O=C(NCC(F)(F)F)[C@H]1CN(C(=O)C2CC2)CCN1c1ccnc(-c2c[nH]c3ncccc23)n1.[HH].[HH].[HH].[HH].[HH].[HH].[HH].[HH]. The van der Waals surface area contributed by atoms with E-state index in [4.69, 9.17) is 0 Å². The normalized spacial score (nSPS) is 15.6. The number of aromatic nitrogens is 16. The first kappa shape index (κ1) is 91.4. The van der Waals surface area contributed by atoms with Crippen molar-refractivity contribution in [3.8, 4) is 45.6 Å². The first-order valence-corrected chi connectivity index (χ1v) is 39.5. The van der Waals surface area contributed by atoms with Crippen molar-refractivity contribution in [3.05, 3.63) is 147 Å². The Labute approximate surface area is 720 Å². The molecule has 32 nitrogen and oxygen atoms in total. The highest BCUT2D eigenvalue weighted by Gasteiger charge is 2.43. The summed E-state index contributed by atoms with van der Waals surface area (Å²) < 4.78 is 165. The lowest BCUT2D eigenvalue weighted by molar-refractivity contribution is -0.141. The monoisotopic (exact) mass is 1780 g/mol. The minimum atomic E-state index is -4.55. The largest absolute Gasteiger partial charge is 0.405 e. The zero-order chi connectivity index (χ0) is 90.5. The molecule has 0 aromatic carbocycles. The van der Waals surface area contributed by atoms with Crippen molar-refractivity contribution in [3.63, 3.8) is 0 Å². The summed E-state index contributed by atoms with van der Waals surface area (Å²) in [7, 11) is 0. The van der Waals surface area contributed by atoms with E-state index in [1.807, 2.05) is 48.0 Å². The molecule has 45 heteroatoms. The maximum absolute atomic E-state index is 14.3. The van der Waals surface area contributed by atoms with Crippen LogP contribution in [0, 0.1) is 29.5 Å². The van der Waals surface area contributed by atoms with Gasteiger partial charge in [-0.1, -0.05) is 41.5 Å². The van der Waals surface area contributed by atoms with Crippen molar-refractivity contribution in [1.29, 1.82) is 0 Å². The number of aromatic amines is 4. The van der Waals surface area contributed by atoms with Crippen molar-refractivity contribution >= 4 is 103 Å². The van der Waals surface area contributed by atoms with Gasteiger partial charge in [0, 0.05) is 162 Å². The highest BCUT2D eigenvalue weighted by Crippen LogP contribution is 2.36. The lowest BCUT2D eigenvalue weighted by atomic mass is 10.0. The average molecular weight is 1780 g/mol. The fourth-order valence-corrected chi connectivity index (χ4v) is 13.6. The highest BCUT2D eigenvalue weighted by molar-refractivity contribution is 5.96. The van der Waals surface area contributed by atoms with Crippen LogP contribution in [0.4, 0.5) is 80.3 Å². The topological polar surface area (TPSA) is 405 Å². The molecular weight excluding hydrogens is 1680 g/mol. The van der Waals surface area contributed by atoms with E-state index in [9.17, 15) is 85.8 Å². The van der Waals surface area contributed by atoms with Gasteiger partial charge >= 0.3 is 24.7 Å². The van der Waals surface area contributed by atoms with Crippen LogP contribution in [0.3, 0.4) is 0 Å². The van der Waals surface area contributed by atoms with Crippen LogP contribution in [0.2, 0.25) is 0 Å². The zero-order valence-electron chi connectivity index (χ0n) is 68.1. The van der Waals surface area contributed by atoms with Crippen LogP contribution >= 0.6 is 0 Å². The molecule has 15 rings (SSSR count). The second-order valence-electron chi connectivity index (χ2n) is 30.5. The van der Waals surface area contributed by atoms with E-state index < -0.39 is 110 Å². The molecule has 2 aliphatic heterocycles. The molecule has 0 unspecified atom stereocenters. The Hall–Kier alpha value is -13.8. The van der Waals surface area contributed by atoms with E-state index in [-0.39, 0.29) is 78.8 Å². The number of pyridine rings is 4. The number of halogens is 13. The Morgan fingerprint density at radius 3 is 1.19 bits per heavy atom. The number of nitrogens with zero attached hydrogens (tertiary/aromatic N) is 16. The van der Waals surface area contributed by atoms with E-state index in [0.717, 1.165) is 40.8 Å². The van der Waals surface area contributed by atoms with Gasteiger partial charge in [0.25, 0.3) is 0 Å². The molecule has 0 bridgehead atoms. The smallest absolute Gasteiger partial charge is 0.358 e. The Morgan fingerprint density at radius 2 is 0.802 bits per heavy atom. The molecule has 12 aromatic heterocycles. The molecule has 10 N–H and O–H groups in total. The summed E-state index contributed by atoms with van der Waals surface area (Å²) in [5.41, 5.74) is 5.33. The number of alkyl halides is 12. The third-order valence-corrected chi connectivity index (χ3v) is 19.9. The summed E-state index contributed by atoms with van der Waals surface area (Å²) in [5, 5.41) is 16.3. The molecule has 126 heavy (non-hydrogen) atoms. The fraction of sp³-hybridized carbons (Fsp3) is 0.383. The molecule has 0 radical (unpaired) electrons. The third kappa shape index (κ3) is 24.0. The number of hydrogen-bond acceptors (Lipinski definition) is 22. The van der Waals surface area contributed by atoms with Gasteiger partial charge in [0.2, 0.25) is 35.4 Å². The predicted octanol–water partition coefficient (Wildman–Crippen LogP) is 13.3. The lowest BCUT2D eigenvalue weighted by Crippen LogP contribution is -2.61. The van der Waals surface area contributed by atoms with E-state index in [1.165, 1.54) is 17.3 Å². The third-order valence-electron chi connectivity index (χ3n) is 19.9. The molecule has 0 spiro atoms. The number of amides is 6. The number of rotatable bonds is 23. The Morgan fingerprint density at radius 1 is 0.437 bits per heavy atom. The van der Waals surface area contributed by atoms with Gasteiger partial charge in [0.1, 0.15) is 90.4 Å². The summed E-state index contributed by atoms with van der Waals surface area (Å²) in [6.45, 7) is 5.91. The van der Waals surface area contributed by atoms with E-state index in [0.29, 0.717) is 99.1 Å². The standard InChI is InChI=1S/C23H26F3N7O2.C22H22F3N7O2.C18H18F4N6O.C18H19F3N6O.8H2/c1-14(2)10-19(34)32-8-9-33(17(12-32)22(35)30-13-23(24,25)26)18-5-7-28-21(31-18)16-11-29-20-15(16)4-3-6-27-20;23-22(24,25)12-29-20(33)16-11-31(21(34)13-3-4-13)8-9-32(16)17-5-7-27-19(30-17)15-10-28-18-14(15)2-1-6-26-18;1-9(2)13(17(29)26-8-18(20,21)22)27-16-12(19)7-25-15(28-16)11-6-24-14-10(11)4-3-5-23-14;1-10(2)14(17(28)25-9-18(19,20)21)26-13-5-7-23-16(27-13)12-8-24-15-11(12)4-3-6-22-15;;;;;;;;/h3-7,11,14,17H,8-10,12-13H2,1-2H3,(H,27,29)(H,30,35);1-2,5-7,10,13,16H,3-4,8-9,11-12H2,(H,26,28)(H,29,33);3-7,9,13H,8H2,1-2H3,(H,23,24)(H,26,29)(H,25,27,28);3-8,10,14H,9H2,1-2H3,(H,22,24)(H,25,28)(H,23,26,27);8*1H/t17-;16-;13-;14-;;;;;;;;/m1111......../s1. The number of carbonyl (C=O) groups excluding carboxylic acids is 6. The number of anilines is 4. The van der Waals surface area contributed by atoms with Crippen LogP contribution in [0.5, 0.6) is 0 Å². The summed E-state index contributed by atoms with van der Waals surface area (Å²) >= 11 is 0. The Kier molecular flexibility index (Phi) is 28.6. The zero-order valence-corrected chi connectivity index (χ0v) is 68.1. The van der Waals surface area contributed by atoms with Crippen LogP contribution in [-0.2, 0) is 28.8 Å². The Bertz CT molecular complexity index is 5860.